The predicted octanol–water partition coefficient (Wildman–Crippen LogP) is 3.27. The number of anilines is 1. The third-order valence-electron chi connectivity index (χ3n) is 4.81. The Hall–Kier alpha value is -2.78. The molecule has 0 atom stereocenters. The molecule has 148 valence electrons. The summed E-state index contributed by atoms with van der Waals surface area (Å²) in [4.78, 5) is 22.8. The van der Waals surface area contributed by atoms with Crippen LogP contribution in [0.2, 0.25) is 0 Å². The SMILES string of the molecule is CC1CCN(S(=O)(=O)c2ccc(C(=O)Nc3cccc([N+](=O)[O-])c3)cc2)CC1. The second-order valence-electron chi connectivity index (χ2n) is 6.87. The number of carbonyl (C=O) groups is 1. The molecule has 1 heterocycles. The summed E-state index contributed by atoms with van der Waals surface area (Å²) in [5, 5.41) is 13.4. The topological polar surface area (TPSA) is 110 Å². The molecule has 3 rings (SSSR count). The first-order chi connectivity index (χ1) is 13.3. The molecule has 0 radical (unpaired) electrons. The Balaban J connectivity index is 1.72. The summed E-state index contributed by atoms with van der Waals surface area (Å²) in [5.74, 6) is 0.0441. The number of hydrogen-bond acceptors (Lipinski definition) is 5. The van der Waals surface area contributed by atoms with Gasteiger partial charge in [0.05, 0.1) is 9.82 Å². The van der Waals surface area contributed by atoms with E-state index in [1.165, 1.54) is 46.8 Å². The molecule has 0 aliphatic carbocycles. The molecule has 1 aliphatic rings. The number of carbonyl (C=O) groups excluding carboxylic acids is 1. The molecule has 0 spiro atoms. The number of nitrogens with one attached hydrogen (secondary N) is 1. The zero-order chi connectivity index (χ0) is 20.3. The van der Waals surface area contributed by atoms with Gasteiger partial charge in [-0.15, -0.1) is 0 Å². The lowest BCUT2D eigenvalue weighted by Gasteiger charge is -2.29. The second-order valence-corrected chi connectivity index (χ2v) is 8.81. The van der Waals surface area contributed by atoms with Gasteiger partial charge in [-0.1, -0.05) is 13.0 Å². The van der Waals surface area contributed by atoms with Gasteiger partial charge in [0.25, 0.3) is 11.6 Å². The maximum absolute atomic E-state index is 12.7. The third-order valence-corrected chi connectivity index (χ3v) is 6.72. The maximum atomic E-state index is 12.7. The van der Waals surface area contributed by atoms with Crippen LogP contribution in [0.15, 0.2) is 53.4 Å². The van der Waals surface area contributed by atoms with Gasteiger partial charge in [0.2, 0.25) is 10.0 Å². The van der Waals surface area contributed by atoms with Crippen molar-refractivity contribution in [2.24, 2.45) is 5.92 Å². The highest BCUT2D eigenvalue weighted by Gasteiger charge is 2.28. The number of hydrogen-bond donors (Lipinski definition) is 1. The van der Waals surface area contributed by atoms with E-state index in [0.717, 1.165) is 12.8 Å². The largest absolute Gasteiger partial charge is 0.322 e. The molecule has 0 saturated carbocycles. The molecule has 0 bridgehead atoms. The Kier molecular flexibility index (Phi) is 5.76. The highest BCUT2D eigenvalue weighted by atomic mass is 32.2. The molecule has 1 aliphatic heterocycles. The predicted molar refractivity (Wildman–Crippen MR) is 105 cm³/mol. The van der Waals surface area contributed by atoms with E-state index in [4.69, 9.17) is 0 Å². The zero-order valence-corrected chi connectivity index (χ0v) is 16.2. The van der Waals surface area contributed by atoms with Crippen LogP contribution in [0.25, 0.3) is 0 Å². The van der Waals surface area contributed by atoms with Crippen molar-refractivity contribution >= 4 is 27.3 Å². The fourth-order valence-corrected chi connectivity index (χ4v) is 4.52. The van der Waals surface area contributed by atoms with Gasteiger partial charge in [0, 0.05) is 36.5 Å². The zero-order valence-electron chi connectivity index (χ0n) is 15.4. The fourth-order valence-electron chi connectivity index (χ4n) is 3.05. The fraction of sp³-hybridized carbons (Fsp3) is 0.316. The number of nitro benzene ring substituents is 1. The molecule has 0 unspecified atom stereocenters. The van der Waals surface area contributed by atoms with E-state index in [-0.39, 0.29) is 16.1 Å². The highest BCUT2D eigenvalue weighted by molar-refractivity contribution is 7.89. The molecule has 2 aromatic carbocycles. The van der Waals surface area contributed by atoms with Crippen LogP contribution in [0.1, 0.15) is 30.1 Å². The number of piperidine rings is 1. The number of rotatable bonds is 5. The Morgan fingerprint density at radius 3 is 2.39 bits per heavy atom. The minimum atomic E-state index is -3.58. The van der Waals surface area contributed by atoms with Crippen molar-refractivity contribution in [2.75, 3.05) is 18.4 Å². The van der Waals surface area contributed by atoms with Crippen LogP contribution < -0.4 is 5.32 Å². The van der Waals surface area contributed by atoms with Crippen molar-refractivity contribution in [3.8, 4) is 0 Å². The summed E-state index contributed by atoms with van der Waals surface area (Å²) >= 11 is 0. The Morgan fingerprint density at radius 2 is 1.79 bits per heavy atom. The van der Waals surface area contributed by atoms with E-state index in [9.17, 15) is 23.3 Å². The van der Waals surface area contributed by atoms with Crippen molar-refractivity contribution < 1.29 is 18.1 Å². The van der Waals surface area contributed by atoms with Crippen LogP contribution in [0.3, 0.4) is 0 Å². The molecule has 0 aromatic heterocycles. The van der Waals surface area contributed by atoms with Gasteiger partial charge in [-0.2, -0.15) is 4.31 Å². The Morgan fingerprint density at radius 1 is 1.14 bits per heavy atom. The van der Waals surface area contributed by atoms with Gasteiger partial charge in [-0.05, 0) is 49.1 Å². The van der Waals surface area contributed by atoms with Crippen molar-refractivity contribution in [2.45, 2.75) is 24.7 Å². The summed E-state index contributed by atoms with van der Waals surface area (Å²) in [5.41, 5.74) is 0.422. The van der Waals surface area contributed by atoms with Gasteiger partial charge >= 0.3 is 0 Å². The lowest BCUT2D eigenvalue weighted by molar-refractivity contribution is -0.384. The molecule has 8 nitrogen and oxygen atoms in total. The average molecular weight is 403 g/mol. The van der Waals surface area contributed by atoms with E-state index in [0.29, 0.717) is 24.7 Å². The van der Waals surface area contributed by atoms with Crippen molar-refractivity contribution in [1.82, 2.24) is 4.31 Å². The molecular weight excluding hydrogens is 382 g/mol. The molecule has 1 saturated heterocycles. The summed E-state index contributed by atoms with van der Waals surface area (Å²) in [7, 11) is -3.58. The first kappa shape index (κ1) is 20.0. The smallest absolute Gasteiger partial charge is 0.271 e. The number of benzene rings is 2. The molecule has 2 aromatic rings. The van der Waals surface area contributed by atoms with Gasteiger partial charge in [-0.25, -0.2) is 8.42 Å². The summed E-state index contributed by atoms with van der Waals surface area (Å²) < 4.78 is 26.9. The lowest BCUT2D eigenvalue weighted by Crippen LogP contribution is -2.37. The van der Waals surface area contributed by atoms with Gasteiger partial charge in [0.1, 0.15) is 0 Å². The normalized spacial score (nSPS) is 15.9. The van der Waals surface area contributed by atoms with Crippen molar-refractivity contribution in [1.29, 1.82) is 0 Å². The van der Waals surface area contributed by atoms with Crippen LogP contribution >= 0.6 is 0 Å². The van der Waals surface area contributed by atoms with E-state index in [1.54, 1.807) is 6.07 Å². The van der Waals surface area contributed by atoms with Gasteiger partial charge < -0.3 is 5.32 Å². The molecule has 1 amide bonds. The molecular formula is C19H21N3O5S. The van der Waals surface area contributed by atoms with Crippen LogP contribution in [0.4, 0.5) is 11.4 Å². The van der Waals surface area contributed by atoms with E-state index < -0.39 is 20.9 Å². The number of non-ortho nitro benzene ring substituents is 1. The van der Waals surface area contributed by atoms with Crippen LogP contribution in [0.5, 0.6) is 0 Å². The van der Waals surface area contributed by atoms with Gasteiger partial charge in [-0.3, -0.25) is 14.9 Å². The number of nitro groups is 1. The van der Waals surface area contributed by atoms with E-state index in [1.807, 2.05) is 0 Å². The lowest BCUT2D eigenvalue weighted by atomic mass is 10.0. The molecule has 1 N–H and O–H groups in total. The summed E-state index contributed by atoms with van der Waals surface area (Å²) in [6.07, 6.45) is 1.67. The van der Waals surface area contributed by atoms with Crippen molar-refractivity contribution in [3.63, 3.8) is 0 Å². The van der Waals surface area contributed by atoms with E-state index >= 15 is 0 Å². The Bertz CT molecular complexity index is 981. The standard InChI is InChI=1S/C19H21N3O5S/c1-14-9-11-21(12-10-14)28(26,27)18-7-5-15(6-8-18)19(23)20-16-3-2-4-17(13-16)22(24)25/h2-8,13-14H,9-12H2,1H3,(H,20,23). The third kappa shape index (κ3) is 4.37. The average Bonchev–Trinajstić information content (AvgIpc) is 2.68. The maximum Gasteiger partial charge on any atom is 0.271 e. The number of nitrogens with zero attached hydrogens (tertiary/aromatic N) is 2. The monoisotopic (exact) mass is 403 g/mol. The summed E-state index contributed by atoms with van der Waals surface area (Å²) in [6, 6.07) is 11.3. The minimum Gasteiger partial charge on any atom is -0.322 e. The quantitative estimate of drug-likeness (QED) is 0.609. The van der Waals surface area contributed by atoms with Crippen LogP contribution in [-0.2, 0) is 10.0 Å². The number of sulfonamides is 1. The van der Waals surface area contributed by atoms with E-state index in [2.05, 4.69) is 12.2 Å². The Labute approximate surface area is 163 Å². The number of amides is 1. The highest BCUT2D eigenvalue weighted by Crippen LogP contribution is 2.24. The van der Waals surface area contributed by atoms with Gasteiger partial charge in [0.15, 0.2) is 0 Å². The second kappa shape index (κ2) is 8.07. The molecule has 28 heavy (non-hydrogen) atoms. The van der Waals surface area contributed by atoms with Crippen LogP contribution in [-0.4, -0.2) is 36.6 Å². The first-order valence-electron chi connectivity index (χ1n) is 8.93. The molecule has 1 fully saturated rings. The molecule has 9 heteroatoms. The minimum absolute atomic E-state index is 0.130. The van der Waals surface area contributed by atoms with Crippen molar-refractivity contribution in [3.05, 3.63) is 64.2 Å². The first-order valence-corrected chi connectivity index (χ1v) is 10.4. The van der Waals surface area contributed by atoms with Crippen LogP contribution in [0, 0.1) is 16.0 Å². The summed E-state index contributed by atoms with van der Waals surface area (Å²) in [6.45, 7) is 3.11.